The van der Waals surface area contributed by atoms with Gasteiger partial charge >= 0.3 is 0 Å². The number of aliphatic hydroxyl groups is 1. The first-order valence-corrected chi connectivity index (χ1v) is 27.3. The lowest BCUT2D eigenvalue weighted by Crippen LogP contribution is -2.69. The third-order valence-corrected chi connectivity index (χ3v) is 14.2. The predicted octanol–water partition coefficient (Wildman–Crippen LogP) is 11.8. The van der Waals surface area contributed by atoms with Crippen LogP contribution < -0.4 is 0 Å². The van der Waals surface area contributed by atoms with Crippen LogP contribution in [-0.2, 0) is 100 Å². The zero-order chi connectivity index (χ0) is 53.7. The van der Waals surface area contributed by atoms with Gasteiger partial charge in [-0.15, -0.1) is 0 Å². The second-order valence-corrected chi connectivity index (χ2v) is 20.0. The van der Waals surface area contributed by atoms with Crippen molar-refractivity contribution in [2.75, 3.05) is 6.61 Å². The van der Waals surface area contributed by atoms with E-state index in [9.17, 15) is 5.11 Å². The van der Waals surface area contributed by atoms with Crippen LogP contribution in [0.4, 0.5) is 0 Å². The van der Waals surface area contributed by atoms with Crippen LogP contribution in [0.5, 0.6) is 0 Å². The minimum absolute atomic E-state index is 0.104. The average Bonchev–Trinajstić information content (AvgIpc) is 3.51. The van der Waals surface area contributed by atoms with Gasteiger partial charge in [-0.25, -0.2) is 0 Å². The summed E-state index contributed by atoms with van der Waals surface area (Å²) in [4.78, 5) is 0. The van der Waals surface area contributed by atoms with Crippen LogP contribution in [0, 0.1) is 0 Å². The van der Waals surface area contributed by atoms with E-state index in [1.54, 1.807) is 0 Å². The Kier molecular flexibility index (Phi) is 20.8. The molecule has 1 aliphatic heterocycles. The molecule has 11 nitrogen and oxygen atoms in total. The van der Waals surface area contributed by atoms with E-state index in [4.69, 9.17) is 47.4 Å². The van der Waals surface area contributed by atoms with Gasteiger partial charge in [-0.05, 0) is 44.5 Å². The summed E-state index contributed by atoms with van der Waals surface area (Å²) in [5, 5.41) is 13.3. The van der Waals surface area contributed by atoms with Gasteiger partial charge in [-0.3, -0.25) is 0 Å². The molecule has 10 rings (SSSR count). The zero-order valence-corrected chi connectivity index (χ0v) is 44.3. The average molecular weight is 1060 g/mol. The van der Waals surface area contributed by atoms with E-state index in [1.165, 1.54) is 0 Å². The first-order chi connectivity index (χ1) is 39.1. The molecule has 8 aromatic rings. The minimum Gasteiger partial charge on any atom is -0.387 e. The Bertz CT molecular complexity index is 2910. The molecule has 1 aliphatic carbocycles. The van der Waals surface area contributed by atoms with Gasteiger partial charge in [-0.2, -0.15) is 0 Å². The monoisotopic (exact) mass is 1060 g/mol. The predicted molar refractivity (Wildman–Crippen MR) is 301 cm³/mol. The molecule has 0 aromatic heterocycles. The maximum Gasteiger partial charge on any atom is 0.187 e. The van der Waals surface area contributed by atoms with Crippen molar-refractivity contribution in [3.05, 3.63) is 287 Å². The van der Waals surface area contributed by atoms with E-state index in [0.29, 0.717) is 6.61 Å². The molecule has 11 heteroatoms. The minimum atomic E-state index is -1.37. The number of aliphatic hydroxyl groups excluding tert-OH is 1. The largest absolute Gasteiger partial charge is 0.387 e. The first kappa shape index (κ1) is 55.6. The molecule has 1 N–H and O–H groups in total. The van der Waals surface area contributed by atoms with Gasteiger partial charge in [0.05, 0.1) is 59.5 Å². The Morgan fingerprint density at radius 2 is 0.506 bits per heavy atom. The second kappa shape index (κ2) is 29.5. The fourth-order valence-corrected chi connectivity index (χ4v) is 10.1. The summed E-state index contributed by atoms with van der Waals surface area (Å²) in [6.45, 7) is 1.84. The van der Waals surface area contributed by atoms with Crippen LogP contribution in [0.25, 0.3) is 0 Å². The molecule has 11 atom stereocenters. The van der Waals surface area contributed by atoms with E-state index >= 15 is 0 Å². The summed E-state index contributed by atoms with van der Waals surface area (Å²) in [6.07, 6.45) is -10.7. The molecular weight excluding hydrogens is 993 g/mol. The molecule has 8 aromatic carbocycles. The van der Waals surface area contributed by atoms with E-state index in [1.807, 2.05) is 243 Å². The van der Waals surface area contributed by atoms with Crippen molar-refractivity contribution in [1.82, 2.24) is 0 Å². The molecule has 1 saturated heterocycles. The van der Waals surface area contributed by atoms with Gasteiger partial charge in [0, 0.05) is 0 Å². The Hall–Kier alpha value is -6.68. The lowest BCUT2D eigenvalue weighted by atomic mass is 9.83. The SMILES string of the molecule is O[C@@H]1[C@@H](OCc2ccccc2)[C@H](OCc2ccccc2)[C@@H](OCc2ccccc2)[C@@H](OCc2ccccc2)[C@@H]1O[C@H]1O[C@H](COCc2ccccc2)[C@@H](OCc2ccccc2)[C@H](OCc2ccccc2)[C@@H]1OCc1ccccc1. The van der Waals surface area contributed by atoms with Gasteiger partial charge in [0.25, 0.3) is 0 Å². The maximum absolute atomic E-state index is 13.3. The molecule has 0 unspecified atom stereocenters. The number of hydrogen-bond acceptors (Lipinski definition) is 11. The summed E-state index contributed by atoms with van der Waals surface area (Å²) in [5.41, 5.74) is 7.60. The normalized spacial score (nSPS) is 24.0. The molecule has 0 bridgehead atoms. The van der Waals surface area contributed by atoms with E-state index in [0.717, 1.165) is 44.5 Å². The molecule has 1 heterocycles. The van der Waals surface area contributed by atoms with Gasteiger partial charge < -0.3 is 52.5 Å². The smallest absolute Gasteiger partial charge is 0.187 e. The summed E-state index contributed by atoms with van der Waals surface area (Å²) in [6, 6.07) is 79.8. The van der Waals surface area contributed by atoms with Crippen LogP contribution >= 0.6 is 0 Å². The standard InChI is InChI=1S/C68H70O11/c69-59-61(72-43-52-29-13-3-14-30-52)64(74-45-54-33-17-5-18-34-54)66(76-47-56-37-21-7-22-38-56)65(75-46-55-35-19-6-20-36-55)62(59)79-68-67(77-48-57-39-23-8-24-40-57)63(73-44-53-31-15-4-16-32-53)60(71-42-51-27-11-2-12-28-51)58(78-68)49-70-41-50-25-9-1-10-26-50/h1-40,58-69H,41-49H2/t58-,59-,60-,61-,62-,63+,64+,65+,66-,67+,68-/m1/s1. The molecular formula is C68H70O11. The fourth-order valence-electron chi connectivity index (χ4n) is 10.1. The summed E-state index contributed by atoms with van der Waals surface area (Å²) < 4.78 is 70.7. The van der Waals surface area contributed by atoms with E-state index < -0.39 is 67.3 Å². The molecule has 0 spiro atoms. The topological polar surface area (TPSA) is 113 Å². The van der Waals surface area contributed by atoms with Crippen LogP contribution in [0.2, 0.25) is 0 Å². The van der Waals surface area contributed by atoms with E-state index in [-0.39, 0.29) is 52.9 Å². The lowest BCUT2D eigenvalue weighted by molar-refractivity contribution is -0.363. The molecule has 0 radical (unpaired) electrons. The third-order valence-electron chi connectivity index (χ3n) is 14.2. The van der Waals surface area contributed by atoms with Gasteiger partial charge in [0.2, 0.25) is 0 Å². The van der Waals surface area contributed by atoms with Crippen molar-refractivity contribution in [1.29, 1.82) is 0 Å². The number of hydrogen-bond donors (Lipinski definition) is 1. The van der Waals surface area contributed by atoms with Gasteiger partial charge in [0.1, 0.15) is 61.0 Å². The highest BCUT2D eigenvalue weighted by Gasteiger charge is 2.57. The summed E-state index contributed by atoms with van der Waals surface area (Å²) in [7, 11) is 0. The van der Waals surface area contributed by atoms with E-state index in [2.05, 4.69) is 0 Å². The fraction of sp³-hybridized carbons (Fsp3) is 0.294. The maximum atomic E-state index is 13.3. The highest BCUT2D eigenvalue weighted by molar-refractivity contribution is 5.20. The second-order valence-electron chi connectivity index (χ2n) is 20.0. The Morgan fingerprint density at radius 3 is 0.835 bits per heavy atom. The highest BCUT2D eigenvalue weighted by atomic mass is 16.7. The van der Waals surface area contributed by atoms with Crippen LogP contribution in [-0.4, -0.2) is 79.0 Å². The van der Waals surface area contributed by atoms with Crippen LogP contribution in [0.1, 0.15) is 44.5 Å². The van der Waals surface area contributed by atoms with Crippen molar-refractivity contribution in [2.24, 2.45) is 0 Å². The van der Waals surface area contributed by atoms with Crippen molar-refractivity contribution in [2.45, 2.75) is 120 Å². The number of benzene rings is 8. The third kappa shape index (κ3) is 16.0. The molecule has 2 aliphatic rings. The number of rotatable bonds is 27. The molecule has 0 amide bonds. The molecule has 79 heavy (non-hydrogen) atoms. The van der Waals surface area contributed by atoms with Crippen molar-refractivity contribution in [3.8, 4) is 0 Å². The van der Waals surface area contributed by atoms with Gasteiger partial charge in [-0.1, -0.05) is 243 Å². The Labute approximate surface area is 464 Å². The van der Waals surface area contributed by atoms with Gasteiger partial charge in [0.15, 0.2) is 6.29 Å². The summed E-state index contributed by atoms with van der Waals surface area (Å²) >= 11 is 0. The zero-order valence-electron chi connectivity index (χ0n) is 44.3. The van der Waals surface area contributed by atoms with Crippen LogP contribution in [0.3, 0.4) is 0 Å². The number of ether oxygens (including phenoxy) is 10. The van der Waals surface area contributed by atoms with Crippen molar-refractivity contribution >= 4 is 0 Å². The Morgan fingerprint density at radius 1 is 0.266 bits per heavy atom. The van der Waals surface area contributed by atoms with Crippen molar-refractivity contribution < 1.29 is 52.5 Å². The van der Waals surface area contributed by atoms with Crippen LogP contribution in [0.15, 0.2) is 243 Å². The summed E-state index contributed by atoms with van der Waals surface area (Å²) in [5.74, 6) is 0. The first-order valence-electron chi connectivity index (χ1n) is 27.3. The lowest BCUT2D eigenvalue weighted by Gasteiger charge is -2.51. The molecule has 408 valence electrons. The molecule has 2 fully saturated rings. The quantitative estimate of drug-likeness (QED) is 0.0531. The molecule has 1 saturated carbocycles. The Balaban J connectivity index is 1.07. The highest BCUT2D eigenvalue weighted by Crippen LogP contribution is 2.39. The van der Waals surface area contributed by atoms with Crippen molar-refractivity contribution in [3.63, 3.8) is 0 Å².